The van der Waals surface area contributed by atoms with Gasteiger partial charge < -0.3 is 5.32 Å². The lowest BCUT2D eigenvalue weighted by atomic mass is 10.2. The number of aromatic nitrogens is 1. The molecule has 0 bridgehead atoms. The molecule has 0 aliphatic heterocycles. The van der Waals surface area contributed by atoms with E-state index in [0.717, 1.165) is 11.3 Å². The summed E-state index contributed by atoms with van der Waals surface area (Å²) >= 11 is 18.2. The van der Waals surface area contributed by atoms with Crippen LogP contribution in [0.3, 0.4) is 0 Å². The molecule has 0 atom stereocenters. The molecule has 1 aromatic heterocycles. The van der Waals surface area contributed by atoms with Crippen molar-refractivity contribution in [3.05, 3.63) is 56.3 Å². The van der Waals surface area contributed by atoms with E-state index in [1.54, 1.807) is 25.1 Å². The predicted octanol–water partition coefficient (Wildman–Crippen LogP) is 4.91. The molecule has 0 saturated carbocycles. The summed E-state index contributed by atoms with van der Waals surface area (Å²) in [5, 5.41) is 3.77. The highest BCUT2D eigenvalue weighted by atomic mass is 35.5. The second kappa shape index (κ2) is 6.00. The average molecular weight is 330 g/mol. The largest absolute Gasteiger partial charge is 0.319 e. The zero-order chi connectivity index (χ0) is 14.9. The molecule has 0 aliphatic rings. The molecule has 1 heterocycles. The molecule has 104 valence electrons. The molecule has 0 radical (unpaired) electrons. The monoisotopic (exact) mass is 328 g/mol. The Morgan fingerprint density at radius 2 is 1.85 bits per heavy atom. The van der Waals surface area contributed by atoms with Gasteiger partial charge in [0.15, 0.2) is 0 Å². The van der Waals surface area contributed by atoms with Crippen LogP contribution in [0.25, 0.3) is 0 Å². The number of rotatable bonds is 2. The topological polar surface area (TPSA) is 42.0 Å². The third-order valence-electron chi connectivity index (χ3n) is 2.76. The summed E-state index contributed by atoms with van der Waals surface area (Å²) < 4.78 is 0. The summed E-state index contributed by atoms with van der Waals surface area (Å²) in [5.74, 6) is -0.406. The van der Waals surface area contributed by atoms with Gasteiger partial charge in [0.2, 0.25) is 0 Å². The number of carbonyl (C=O) groups excluding carboxylic acids is 1. The first kappa shape index (κ1) is 15.1. The van der Waals surface area contributed by atoms with Gasteiger partial charge in [0.05, 0.1) is 26.3 Å². The zero-order valence-electron chi connectivity index (χ0n) is 10.8. The van der Waals surface area contributed by atoms with Gasteiger partial charge in [0.1, 0.15) is 0 Å². The number of nitrogens with zero attached hydrogens (tertiary/aromatic N) is 1. The van der Waals surface area contributed by atoms with Crippen LogP contribution in [0.4, 0.5) is 5.69 Å². The molecule has 0 fully saturated rings. The van der Waals surface area contributed by atoms with E-state index in [2.05, 4.69) is 10.3 Å². The Kier molecular flexibility index (Phi) is 4.53. The molecule has 1 aromatic carbocycles. The van der Waals surface area contributed by atoms with Gasteiger partial charge in [0, 0.05) is 11.9 Å². The van der Waals surface area contributed by atoms with Crippen molar-refractivity contribution in [2.75, 3.05) is 5.32 Å². The molecular formula is C14H11Cl3N2O. The first-order valence-corrected chi connectivity index (χ1v) is 6.91. The summed E-state index contributed by atoms with van der Waals surface area (Å²) in [5.41, 5.74) is 2.19. The molecule has 2 aromatic rings. The van der Waals surface area contributed by atoms with Crippen LogP contribution in [-0.4, -0.2) is 10.9 Å². The number of pyridine rings is 1. The molecular weight excluding hydrogens is 319 g/mol. The highest BCUT2D eigenvalue weighted by Crippen LogP contribution is 2.33. The molecule has 0 unspecified atom stereocenters. The van der Waals surface area contributed by atoms with Gasteiger partial charge in [0.25, 0.3) is 5.91 Å². The molecule has 0 aliphatic carbocycles. The van der Waals surface area contributed by atoms with Crippen molar-refractivity contribution in [3.8, 4) is 0 Å². The van der Waals surface area contributed by atoms with E-state index in [0.29, 0.717) is 20.8 Å². The lowest BCUT2D eigenvalue weighted by molar-refractivity contribution is 0.102. The Morgan fingerprint density at radius 1 is 1.15 bits per heavy atom. The molecule has 2 rings (SSSR count). The number of amides is 1. The van der Waals surface area contributed by atoms with Gasteiger partial charge in [-0.2, -0.15) is 0 Å². The Balaban J connectivity index is 2.35. The maximum atomic E-state index is 12.2. The second-order valence-corrected chi connectivity index (χ2v) is 5.51. The van der Waals surface area contributed by atoms with E-state index in [1.807, 2.05) is 6.92 Å². The molecule has 1 amide bonds. The summed E-state index contributed by atoms with van der Waals surface area (Å²) in [6, 6.07) is 5.07. The van der Waals surface area contributed by atoms with Gasteiger partial charge in [-0.1, -0.05) is 40.9 Å². The fourth-order valence-corrected chi connectivity index (χ4v) is 2.40. The molecule has 3 nitrogen and oxygen atoms in total. The minimum Gasteiger partial charge on any atom is -0.319 e. The van der Waals surface area contributed by atoms with E-state index in [4.69, 9.17) is 34.8 Å². The maximum Gasteiger partial charge on any atom is 0.258 e. The molecule has 0 spiro atoms. The van der Waals surface area contributed by atoms with Crippen LogP contribution in [-0.2, 0) is 0 Å². The summed E-state index contributed by atoms with van der Waals surface area (Å²) in [6.45, 7) is 3.62. The number of anilines is 1. The van der Waals surface area contributed by atoms with Gasteiger partial charge in [-0.25, -0.2) is 0 Å². The van der Waals surface area contributed by atoms with E-state index in [-0.39, 0.29) is 5.56 Å². The fraction of sp³-hybridized carbons (Fsp3) is 0.143. The Hall–Kier alpha value is -1.29. The van der Waals surface area contributed by atoms with Crippen molar-refractivity contribution < 1.29 is 4.79 Å². The number of aryl methyl sites for hydroxylation is 2. The van der Waals surface area contributed by atoms with E-state index in [9.17, 15) is 4.79 Å². The van der Waals surface area contributed by atoms with Crippen LogP contribution >= 0.6 is 34.8 Å². The van der Waals surface area contributed by atoms with E-state index < -0.39 is 5.91 Å². The third kappa shape index (κ3) is 3.06. The van der Waals surface area contributed by atoms with E-state index >= 15 is 0 Å². The maximum absolute atomic E-state index is 12.2. The summed E-state index contributed by atoms with van der Waals surface area (Å²) in [4.78, 5) is 16.3. The number of nitrogens with one attached hydrogen (secondary N) is 1. The highest BCUT2D eigenvalue weighted by Gasteiger charge is 2.15. The quantitative estimate of drug-likeness (QED) is 0.850. The Morgan fingerprint density at radius 3 is 2.50 bits per heavy atom. The number of hydrogen-bond donors (Lipinski definition) is 1. The summed E-state index contributed by atoms with van der Waals surface area (Å²) in [7, 11) is 0. The number of hydrogen-bond acceptors (Lipinski definition) is 2. The van der Waals surface area contributed by atoms with Crippen molar-refractivity contribution in [3.63, 3.8) is 0 Å². The van der Waals surface area contributed by atoms with Crippen LogP contribution in [0, 0.1) is 13.8 Å². The van der Waals surface area contributed by atoms with Gasteiger partial charge in [-0.05, 0) is 31.5 Å². The van der Waals surface area contributed by atoms with Crippen molar-refractivity contribution in [1.82, 2.24) is 4.98 Å². The lowest BCUT2D eigenvalue weighted by Gasteiger charge is -2.11. The van der Waals surface area contributed by atoms with Gasteiger partial charge in [-0.3, -0.25) is 9.78 Å². The van der Waals surface area contributed by atoms with Crippen molar-refractivity contribution >= 4 is 46.4 Å². The fourth-order valence-electron chi connectivity index (χ4n) is 1.65. The van der Waals surface area contributed by atoms with Crippen molar-refractivity contribution in [2.24, 2.45) is 0 Å². The van der Waals surface area contributed by atoms with Gasteiger partial charge in [-0.15, -0.1) is 0 Å². The van der Waals surface area contributed by atoms with Crippen LogP contribution in [0.15, 0.2) is 24.4 Å². The van der Waals surface area contributed by atoms with Crippen LogP contribution in [0.5, 0.6) is 0 Å². The number of halogens is 3. The van der Waals surface area contributed by atoms with Gasteiger partial charge >= 0.3 is 0 Å². The minimum absolute atomic E-state index is 0.269. The van der Waals surface area contributed by atoms with Crippen molar-refractivity contribution in [2.45, 2.75) is 13.8 Å². The lowest BCUT2D eigenvalue weighted by Crippen LogP contribution is -2.14. The number of carbonyl (C=O) groups is 1. The highest BCUT2D eigenvalue weighted by molar-refractivity contribution is 6.41. The predicted molar refractivity (Wildman–Crippen MR) is 83.1 cm³/mol. The smallest absolute Gasteiger partial charge is 0.258 e. The molecule has 20 heavy (non-hydrogen) atoms. The normalized spacial score (nSPS) is 10.4. The summed E-state index contributed by atoms with van der Waals surface area (Å²) in [6.07, 6.45) is 1.42. The first-order chi connectivity index (χ1) is 9.40. The SMILES string of the molecule is Cc1cc(Cl)c(C(=O)Nc2c(Cl)ccc(C)c2Cl)cn1. The molecule has 0 saturated heterocycles. The standard InChI is InChI=1S/C14H11Cl3N2O/c1-7-3-4-10(15)13(12(7)17)19-14(20)9-6-18-8(2)5-11(9)16/h3-6H,1-2H3,(H,19,20). The van der Waals surface area contributed by atoms with Crippen molar-refractivity contribution in [1.29, 1.82) is 0 Å². The molecule has 6 heteroatoms. The molecule has 1 N–H and O–H groups in total. The Labute approximate surface area is 131 Å². The average Bonchev–Trinajstić information content (AvgIpc) is 2.39. The van der Waals surface area contributed by atoms with Crippen LogP contribution < -0.4 is 5.32 Å². The first-order valence-electron chi connectivity index (χ1n) is 5.78. The zero-order valence-corrected chi connectivity index (χ0v) is 13.1. The Bertz CT molecular complexity index is 686. The van der Waals surface area contributed by atoms with Crippen LogP contribution in [0.2, 0.25) is 15.1 Å². The third-order valence-corrected chi connectivity index (χ3v) is 3.87. The second-order valence-electron chi connectivity index (χ2n) is 4.31. The van der Waals surface area contributed by atoms with Crippen LogP contribution in [0.1, 0.15) is 21.6 Å². The van der Waals surface area contributed by atoms with E-state index in [1.165, 1.54) is 6.20 Å². The minimum atomic E-state index is -0.406. The number of benzene rings is 1.